The van der Waals surface area contributed by atoms with Crippen molar-refractivity contribution in [2.75, 3.05) is 17.2 Å². The summed E-state index contributed by atoms with van der Waals surface area (Å²) < 4.78 is 5.31. The van der Waals surface area contributed by atoms with E-state index in [1.165, 1.54) is 0 Å². The Bertz CT molecular complexity index is 1180. The first-order valence-corrected chi connectivity index (χ1v) is 9.42. The molecule has 1 heterocycles. The van der Waals surface area contributed by atoms with Gasteiger partial charge in [-0.15, -0.1) is 0 Å². The van der Waals surface area contributed by atoms with E-state index in [1.807, 2.05) is 30.3 Å². The predicted molar refractivity (Wildman–Crippen MR) is 117 cm³/mol. The smallest absolute Gasteiger partial charge is 0.343 e. The summed E-state index contributed by atoms with van der Waals surface area (Å²) in [7, 11) is 0. The van der Waals surface area contributed by atoms with Crippen molar-refractivity contribution in [3.8, 4) is 5.75 Å². The summed E-state index contributed by atoms with van der Waals surface area (Å²) in [4.78, 5) is 28.5. The highest BCUT2D eigenvalue weighted by Crippen LogP contribution is 2.18. The Morgan fingerprint density at radius 3 is 2.40 bits per heavy atom. The zero-order chi connectivity index (χ0) is 20.8. The number of nitrogens with one attached hydrogen (secondary N) is 2. The standard InChI is InChI=1S/C24H19N3O3/c28-23(27-21-11-8-19-15-25-13-12-18(19)14-21)16-26-20-9-6-17(7-10-20)24(29)30-22-4-2-1-3-5-22/h1-15,26H,16H2,(H,27,28). The molecule has 4 aromatic rings. The Hall–Kier alpha value is -4.19. The molecule has 0 atom stereocenters. The fraction of sp³-hybridized carbons (Fsp3) is 0.0417. The van der Waals surface area contributed by atoms with Crippen molar-refractivity contribution in [1.82, 2.24) is 4.98 Å². The maximum Gasteiger partial charge on any atom is 0.343 e. The van der Waals surface area contributed by atoms with Gasteiger partial charge < -0.3 is 15.4 Å². The van der Waals surface area contributed by atoms with Crippen molar-refractivity contribution in [2.24, 2.45) is 0 Å². The van der Waals surface area contributed by atoms with E-state index >= 15 is 0 Å². The summed E-state index contributed by atoms with van der Waals surface area (Å²) in [6, 6.07) is 23.2. The molecule has 1 amide bonds. The van der Waals surface area contributed by atoms with E-state index in [2.05, 4.69) is 15.6 Å². The third-order valence-electron chi connectivity index (χ3n) is 4.45. The molecule has 2 N–H and O–H groups in total. The van der Waals surface area contributed by atoms with Crippen LogP contribution in [0.15, 0.2) is 91.3 Å². The second-order valence-corrected chi connectivity index (χ2v) is 6.62. The maximum atomic E-state index is 12.2. The molecule has 0 aliphatic carbocycles. The first-order valence-electron chi connectivity index (χ1n) is 9.42. The van der Waals surface area contributed by atoms with E-state index in [9.17, 15) is 9.59 Å². The van der Waals surface area contributed by atoms with Crippen molar-refractivity contribution in [1.29, 1.82) is 0 Å². The number of para-hydroxylation sites is 1. The van der Waals surface area contributed by atoms with Gasteiger partial charge in [0.15, 0.2) is 0 Å². The zero-order valence-corrected chi connectivity index (χ0v) is 16.0. The molecule has 6 nitrogen and oxygen atoms in total. The lowest BCUT2D eigenvalue weighted by Crippen LogP contribution is -2.21. The molecular weight excluding hydrogens is 378 g/mol. The number of aromatic nitrogens is 1. The van der Waals surface area contributed by atoms with Gasteiger partial charge in [-0.2, -0.15) is 0 Å². The lowest BCUT2D eigenvalue weighted by molar-refractivity contribution is -0.114. The summed E-state index contributed by atoms with van der Waals surface area (Å²) in [5.74, 6) is -0.112. The van der Waals surface area contributed by atoms with Crippen molar-refractivity contribution < 1.29 is 14.3 Å². The molecule has 0 saturated heterocycles. The lowest BCUT2D eigenvalue weighted by atomic mass is 10.1. The topological polar surface area (TPSA) is 80.3 Å². The molecule has 148 valence electrons. The van der Waals surface area contributed by atoms with Crippen LogP contribution in [0.5, 0.6) is 5.75 Å². The van der Waals surface area contributed by atoms with Gasteiger partial charge >= 0.3 is 5.97 Å². The number of fused-ring (bicyclic) bond motifs is 1. The number of ether oxygens (including phenoxy) is 1. The Balaban J connectivity index is 1.31. The van der Waals surface area contributed by atoms with E-state index in [1.54, 1.807) is 60.9 Å². The Morgan fingerprint density at radius 2 is 1.60 bits per heavy atom. The van der Waals surface area contributed by atoms with Crippen LogP contribution in [0, 0.1) is 0 Å². The maximum absolute atomic E-state index is 12.2. The molecule has 0 saturated carbocycles. The van der Waals surface area contributed by atoms with Crippen molar-refractivity contribution >= 4 is 34.0 Å². The largest absolute Gasteiger partial charge is 0.423 e. The van der Waals surface area contributed by atoms with E-state index in [-0.39, 0.29) is 12.5 Å². The van der Waals surface area contributed by atoms with Gasteiger partial charge in [0.1, 0.15) is 5.75 Å². The number of hydrogen-bond acceptors (Lipinski definition) is 5. The number of rotatable bonds is 6. The molecule has 0 spiro atoms. The zero-order valence-electron chi connectivity index (χ0n) is 16.0. The van der Waals surface area contributed by atoms with Crippen LogP contribution in [-0.2, 0) is 4.79 Å². The monoisotopic (exact) mass is 397 g/mol. The molecule has 0 fully saturated rings. The van der Waals surface area contributed by atoms with Crippen molar-refractivity contribution in [3.05, 3.63) is 96.8 Å². The molecule has 6 heteroatoms. The third-order valence-corrected chi connectivity index (χ3v) is 4.45. The van der Waals surface area contributed by atoms with Crippen LogP contribution in [0.4, 0.5) is 11.4 Å². The molecule has 0 aliphatic heterocycles. The molecule has 0 aliphatic rings. The fourth-order valence-electron chi connectivity index (χ4n) is 2.93. The highest BCUT2D eigenvalue weighted by Gasteiger charge is 2.09. The number of amides is 1. The van der Waals surface area contributed by atoms with Gasteiger partial charge in [-0.1, -0.05) is 24.3 Å². The fourth-order valence-corrected chi connectivity index (χ4v) is 2.93. The number of benzene rings is 3. The second kappa shape index (κ2) is 8.87. The number of hydrogen-bond donors (Lipinski definition) is 2. The van der Waals surface area contributed by atoms with Gasteiger partial charge in [-0.05, 0) is 60.0 Å². The minimum absolute atomic E-state index is 0.0994. The van der Waals surface area contributed by atoms with Crippen LogP contribution in [0.25, 0.3) is 10.8 Å². The number of carbonyl (C=O) groups is 2. The minimum atomic E-state index is -0.433. The Labute approximate surface area is 173 Å². The number of carbonyl (C=O) groups excluding carboxylic acids is 2. The minimum Gasteiger partial charge on any atom is -0.423 e. The Kier molecular flexibility index (Phi) is 5.66. The van der Waals surface area contributed by atoms with Gasteiger partial charge in [-0.3, -0.25) is 9.78 Å². The van der Waals surface area contributed by atoms with Gasteiger partial charge in [0, 0.05) is 29.2 Å². The molecule has 0 radical (unpaired) electrons. The quantitative estimate of drug-likeness (QED) is 0.370. The van der Waals surface area contributed by atoms with Crippen molar-refractivity contribution in [3.63, 3.8) is 0 Å². The highest BCUT2D eigenvalue weighted by atomic mass is 16.5. The summed E-state index contributed by atoms with van der Waals surface area (Å²) in [5, 5.41) is 7.93. The van der Waals surface area contributed by atoms with Crippen LogP contribution < -0.4 is 15.4 Å². The normalized spacial score (nSPS) is 10.4. The molecular formula is C24H19N3O3. The van der Waals surface area contributed by atoms with E-state index in [0.29, 0.717) is 11.3 Å². The molecule has 0 unspecified atom stereocenters. The highest BCUT2D eigenvalue weighted by molar-refractivity contribution is 5.96. The number of anilines is 2. The molecule has 30 heavy (non-hydrogen) atoms. The summed E-state index contributed by atoms with van der Waals surface area (Å²) >= 11 is 0. The average Bonchev–Trinajstić information content (AvgIpc) is 2.78. The van der Waals surface area contributed by atoms with Crippen LogP contribution >= 0.6 is 0 Å². The van der Waals surface area contributed by atoms with Crippen LogP contribution in [0.1, 0.15) is 10.4 Å². The predicted octanol–water partition coefficient (Wildman–Crippen LogP) is 4.50. The third kappa shape index (κ3) is 4.80. The van der Waals surface area contributed by atoms with Crippen LogP contribution in [-0.4, -0.2) is 23.4 Å². The first kappa shape index (κ1) is 19.1. The molecule has 4 rings (SSSR count). The van der Waals surface area contributed by atoms with Crippen LogP contribution in [0.2, 0.25) is 0 Å². The number of esters is 1. The number of nitrogens with zero attached hydrogens (tertiary/aromatic N) is 1. The summed E-state index contributed by atoms with van der Waals surface area (Å²) in [5.41, 5.74) is 1.88. The summed E-state index contributed by atoms with van der Waals surface area (Å²) in [6.45, 7) is 0.0994. The van der Waals surface area contributed by atoms with Gasteiger partial charge in [0.2, 0.25) is 5.91 Å². The Morgan fingerprint density at radius 1 is 0.833 bits per heavy atom. The van der Waals surface area contributed by atoms with Crippen molar-refractivity contribution in [2.45, 2.75) is 0 Å². The SMILES string of the molecule is O=C(CNc1ccc(C(=O)Oc2ccccc2)cc1)Nc1ccc2cnccc2c1. The second-order valence-electron chi connectivity index (χ2n) is 6.62. The first-order chi connectivity index (χ1) is 14.7. The summed E-state index contributed by atoms with van der Waals surface area (Å²) in [6.07, 6.45) is 3.50. The van der Waals surface area contributed by atoms with Gasteiger partial charge in [-0.25, -0.2) is 4.79 Å². The van der Waals surface area contributed by atoms with Gasteiger partial charge in [0.25, 0.3) is 0 Å². The van der Waals surface area contributed by atoms with E-state index in [0.717, 1.165) is 22.1 Å². The number of pyridine rings is 1. The van der Waals surface area contributed by atoms with E-state index in [4.69, 9.17) is 4.74 Å². The molecule has 1 aromatic heterocycles. The van der Waals surface area contributed by atoms with Gasteiger partial charge in [0.05, 0.1) is 12.1 Å². The average molecular weight is 397 g/mol. The molecule has 0 bridgehead atoms. The lowest BCUT2D eigenvalue weighted by Gasteiger charge is -2.09. The van der Waals surface area contributed by atoms with Crippen LogP contribution in [0.3, 0.4) is 0 Å². The molecule has 3 aromatic carbocycles. The van der Waals surface area contributed by atoms with E-state index < -0.39 is 5.97 Å².